The summed E-state index contributed by atoms with van der Waals surface area (Å²) in [6.07, 6.45) is 0. The van der Waals surface area contributed by atoms with Gasteiger partial charge in [-0.3, -0.25) is 4.57 Å². The summed E-state index contributed by atoms with van der Waals surface area (Å²) in [5, 5.41) is 10.2. The van der Waals surface area contributed by atoms with Crippen LogP contribution < -0.4 is 0 Å². The Hall–Kier alpha value is -1.78. The van der Waals surface area contributed by atoms with Gasteiger partial charge in [-0.25, -0.2) is 0 Å². The van der Waals surface area contributed by atoms with Crippen LogP contribution in [0.15, 0.2) is 53.7 Å². The van der Waals surface area contributed by atoms with Gasteiger partial charge in [0.05, 0.1) is 0 Å². The first-order valence-corrected chi connectivity index (χ1v) is 8.37. The first-order chi connectivity index (χ1) is 10.6. The van der Waals surface area contributed by atoms with Crippen LogP contribution in [0.25, 0.3) is 5.69 Å². The summed E-state index contributed by atoms with van der Waals surface area (Å²) < 4.78 is 2.07. The highest BCUT2D eigenvalue weighted by molar-refractivity contribution is 7.98. The van der Waals surface area contributed by atoms with Crippen LogP contribution in [0, 0.1) is 13.8 Å². The Kier molecular flexibility index (Phi) is 4.50. The van der Waals surface area contributed by atoms with Crippen molar-refractivity contribution >= 4 is 23.4 Å². The van der Waals surface area contributed by atoms with Gasteiger partial charge in [0.2, 0.25) is 0 Å². The molecular formula is C17H16ClN3S. The first kappa shape index (κ1) is 15.1. The van der Waals surface area contributed by atoms with E-state index in [-0.39, 0.29) is 0 Å². The van der Waals surface area contributed by atoms with Crippen LogP contribution in [-0.4, -0.2) is 14.8 Å². The Morgan fingerprint density at radius 3 is 2.45 bits per heavy atom. The third-order valence-corrected chi connectivity index (χ3v) is 4.75. The van der Waals surface area contributed by atoms with Crippen LogP contribution in [0.2, 0.25) is 5.02 Å². The summed E-state index contributed by atoms with van der Waals surface area (Å²) in [5.41, 5.74) is 3.42. The highest BCUT2D eigenvalue weighted by atomic mass is 35.5. The predicted octanol–water partition coefficient (Wildman–Crippen LogP) is 4.83. The second-order valence-corrected chi connectivity index (χ2v) is 6.43. The molecule has 112 valence electrons. The van der Waals surface area contributed by atoms with Crippen molar-refractivity contribution in [3.63, 3.8) is 0 Å². The van der Waals surface area contributed by atoms with Crippen molar-refractivity contribution in [2.24, 2.45) is 0 Å². The lowest BCUT2D eigenvalue weighted by atomic mass is 10.2. The molecule has 0 saturated carbocycles. The standard InChI is InChI=1S/C17H16ClN3S/c1-12-7-9-15(10-8-12)21-13(2)19-20-17(21)22-11-14-5-3-4-6-16(14)18/h3-10H,11H2,1-2H3. The molecular weight excluding hydrogens is 314 g/mol. The summed E-state index contributed by atoms with van der Waals surface area (Å²) in [6.45, 7) is 4.04. The van der Waals surface area contributed by atoms with Crippen molar-refractivity contribution < 1.29 is 0 Å². The van der Waals surface area contributed by atoms with E-state index in [9.17, 15) is 0 Å². The van der Waals surface area contributed by atoms with Gasteiger partial charge in [0.1, 0.15) is 5.82 Å². The monoisotopic (exact) mass is 329 g/mol. The Labute approximate surface area is 139 Å². The molecule has 0 saturated heterocycles. The summed E-state index contributed by atoms with van der Waals surface area (Å²) in [5.74, 6) is 1.65. The molecule has 3 aromatic rings. The van der Waals surface area contributed by atoms with Crippen molar-refractivity contribution in [2.75, 3.05) is 0 Å². The second kappa shape index (κ2) is 6.55. The molecule has 0 aliphatic carbocycles. The van der Waals surface area contributed by atoms with Crippen molar-refractivity contribution in [1.29, 1.82) is 0 Å². The number of rotatable bonds is 4. The van der Waals surface area contributed by atoms with Crippen LogP contribution in [0.1, 0.15) is 17.0 Å². The molecule has 0 N–H and O–H groups in total. The molecule has 0 aliphatic heterocycles. The molecule has 3 nitrogen and oxygen atoms in total. The smallest absolute Gasteiger partial charge is 0.196 e. The normalized spacial score (nSPS) is 10.9. The maximum absolute atomic E-state index is 6.21. The van der Waals surface area contributed by atoms with E-state index in [0.29, 0.717) is 0 Å². The molecule has 3 rings (SSSR count). The van der Waals surface area contributed by atoms with Crippen LogP contribution >= 0.6 is 23.4 Å². The van der Waals surface area contributed by atoms with Gasteiger partial charge in [-0.15, -0.1) is 10.2 Å². The molecule has 0 spiro atoms. The third-order valence-electron chi connectivity index (χ3n) is 3.40. The number of halogens is 1. The number of aromatic nitrogens is 3. The molecule has 0 bridgehead atoms. The highest BCUT2D eigenvalue weighted by Gasteiger charge is 2.12. The van der Waals surface area contributed by atoms with E-state index in [0.717, 1.165) is 33.0 Å². The zero-order valence-corrected chi connectivity index (χ0v) is 14.0. The fourth-order valence-corrected chi connectivity index (χ4v) is 3.47. The molecule has 0 radical (unpaired) electrons. The quantitative estimate of drug-likeness (QED) is 0.642. The molecule has 2 aromatic carbocycles. The SMILES string of the molecule is Cc1ccc(-n2c(C)nnc2SCc2ccccc2Cl)cc1. The Morgan fingerprint density at radius 2 is 1.73 bits per heavy atom. The minimum atomic E-state index is 0.768. The molecule has 0 atom stereocenters. The summed E-state index contributed by atoms with van der Waals surface area (Å²) in [6, 6.07) is 16.3. The lowest BCUT2D eigenvalue weighted by Crippen LogP contribution is -1.99. The average molecular weight is 330 g/mol. The molecule has 1 heterocycles. The van der Waals surface area contributed by atoms with Gasteiger partial charge in [0.25, 0.3) is 0 Å². The number of hydrogen-bond acceptors (Lipinski definition) is 3. The lowest BCUT2D eigenvalue weighted by molar-refractivity contribution is 0.868. The van der Waals surface area contributed by atoms with E-state index < -0.39 is 0 Å². The Balaban J connectivity index is 1.86. The van der Waals surface area contributed by atoms with Gasteiger partial charge in [0.15, 0.2) is 5.16 Å². The lowest BCUT2D eigenvalue weighted by Gasteiger charge is -2.09. The zero-order chi connectivity index (χ0) is 15.5. The van der Waals surface area contributed by atoms with Crippen molar-refractivity contribution in [3.8, 4) is 5.69 Å². The van der Waals surface area contributed by atoms with E-state index in [4.69, 9.17) is 11.6 Å². The molecule has 0 fully saturated rings. The van der Waals surface area contributed by atoms with Crippen LogP contribution in [0.3, 0.4) is 0 Å². The van der Waals surface area contributed by atoms with Crippen LogP contribution in [0.5, 0.6) is 0 Å². The second-order valence-electron chi connectivity index (χ2n) is 5.08. The zero-order valence-electron chi connectivity index (χ0n) is 12.5. The van der Waals surface area contributed by atoms with Crippen molar-refractivity contribution in [2.45, 2.75) is 24.8 Å². The summed E-state index contributed by atoms with van der Waals surface area (Å²) >= 11 is 7.85. The minimum absolute atomic E-state index is 0.768. The summed E-state index contributed by atoms with van der Waals surface area (Å²) in [4.78, 5) is 0. The van der Waals surface area contributed by atoms with Gasteiger partial charge >= 0.3 is 0 Å². The fourth-order valence-electron chi connectivity index (χ4n) is 2.19. The Morgan fingerprint density at radius 1 is 1.00 bits per heavy atom. The Bertz CT molecular complexity index is 781. The van der Waals surface area contributed by atoms with E-state index >= 15 is 0 Å². The number of aryl methyl sites for hydroxylation is 2. The molecule has 0 amide bonds. The fraction of sp³-hybridized carbons (Fsp3) is 0.176. The van der Waals surface area contributed by atoms with E-state index in [1.807, 2.05) is 31.2 Å². The minimum Gasteiger partial charge on any atom is -0.274 e. The van der Waals surface area contributed by atoms with Crippen LogP contribution in [0.4, 0.5) is 0 Å². The van der Waals surface area contributed by atoms with Crippen molar-refractivity contribution in [1.82, 2.24) is 14.8 Å². The molecule has 5 heteroatoms. The highest BCUT2D eigenvalue weighted by Crippen LogP contribution is 2.27. The van der Waals surface area contributed by atoms with Crippen molar-refractivity contribution in [3.05, 3.63) is 70.5 Å². The number of nitrogens with zero attached hydrogens (tertiary/aromatic N) is 3. The topological polar surface area (TPSA) is 30.7 Å². The van der Waals surface area contributed by atoms with Gasteiger partial charge in [-0.05, 0) is 37.6 Å². The molecule has 22 heavy (non-hydrogen) atoms. The predicted molar refractivity (Wildman–Crippen MR) is 91.8 cm³/mol. The number of benzene rings is 2. The maximum atomic E-state index is 6.21. The largest absolute Gasteiger partial charge is 0.274 e. The van der Waals surface area contributed by atoms with Gasteiger partial charge in [-0.2, -0.15) is 0 Å². The molecule has 0 aliphatic rings. The van der Waals surface area contributed by atoms with E-state index in [1.54, 1.807) is 11.8 Å². The number of thioether (sulfide) groups is 1. The van der Waals surface area contributed by atoms with Gasteiger partial charge in [0, 0.05) is 16.5 Å². The average Bonchev–Trinajstić information content (AvgIpc) is 2.88. The third kappa shape index (κ3) is 3.18. The number of hydrogen-bond donors (Lipinski definition) is 0. The first-order valence-electron chi connectivity index (χ1n) is 7.00. The van der Waals surface area contributed by atoms with Crippen LogP contribution in [-0.2, 0) is 5.75 Å². The van der Waals surface area contributed by atoms with Gasteiger partial charge in [-0.1, -0.05) is 59.3 Å². The van der Waals surface area contributed by atoms with Gasteiger partial charge < -0.3 is 0 Å². The molecule has 1 aromatic heterocycles. The molecule has 0 unspecified atom stereocenters. The maximum Gasteiger partial charge on any atom is 0.196 e. The summed E-state index contributed by atoms with van der Waals surface area (Å²) in [7, 11) is 0. The van der Waals surface area contributed by atoms with E-state index in [1.165, 1.54) is 5.56 Å². The van der Waals surface area contributed by atoms with E-state index in [2.05, 4.69) is 46.0 Å².